The molecule has 0 spiro atoms. The highest BCUT2D eigenvalue weighted by atomic mass is 35.5. The van der Waals surface area contributed by atoms with Crippen LogP contribution in [0.2, 0.25) is 0 Å². The first kappa shape index (κ1) is 42.3. The lowest BCUT2D eigenvalue weighted by Crippen LogP contribution is -2.32. The summed E-state index contributed by atoms with van der Waals surface area (Å²) in [5.74, 6) is 0. The topological polar surface area (TPSA) is 50.1 Å². The summed E-state index contributed by atoms with van der Waals surface area (Å²) in [5.41, 5.74) is 14.8. The van der Waals surface area contributed by atoms with Crippen molar-refractivity contribution in [3.63, 3.8) is 0 Å². The van der Waals surface area contributed by atoms with Gasteiger partial charge in [0.2, 0.25) is 0 Å². The first-order valence-corrected chi connectivity index (χ1v) is 15.3. The SMILES string of the molecule is Cc1ccc(C(C)(C)C)cc1CCCC(CCCc1cc(C(C)(C)C)ccc1C)NCCCNCCCN.Cl.Cl.Cl. The summed E-state index contributed by atoms with van der Waals surface area (Å²) in [6.45, 7) is 22.3. The Morgan fingerprint density at radius 3 is 1.49 bits per heavy atom. The molecular weight excluding hydrogens is 569 g/mol. The Balaban J connectivity index is 0. The van der Waals surface area contributed by atoms with E-state index in [0.717, 1.165) is 32.6 Å². The van der Waals surface area contributed by atoms with E-state index >= 15 is 0 Å². The largest absolute Gasteiger partial charge is 0.330 e. The molecule has 0 aliphatic carbocycles. The van der Waals surface area contributed by atoms with Gasteiger partial charge in [0.25, 0.3) is 0 Å². The first-order chi connectivity index (χ1) is 17.9. The second-order valence-corrected chi connectivity index (χ2v) is 13.5. The van der Waals surface area contributed by atoms with E-state index in [1.54, 1.807) is 0 Å². The van der Waals surface area contributed by atoms with Crippen molar-refractivity contribution >= 4 is 37.2 Å². The van der Waals surface area contributed by atoms with Gasteiger partial charge in [-0.15, -0.1) is 37.2 Å². The number of aryl methyl sites for hydroxylation is 4. The molecule has 2 aromatic carbocycles. The number of nitrogens with two attached hydrogens (primary N) is 1. The van der Waals surface area contributed by atoms with E-state index in [1.807, 2.05) is 0 Å². The molecule has 0 heterocycles. The van der Waals surface area contributed by atoms with Crippen molar-refractivity contribution in [2.24, 2.45) is 5.73 Å². The van der Waals surface area contributed by atoms with Crippen LogP contribution >= 0.6 is 37.2 Å². The number of nitrogens with one attached hydrogen (secondary N) is 2. The summed E-state index contributed by atoms with van der Waals surface area (Å²) in [4.78, 5) is 0. The Bertz CT molecular complexity index is 895. The molecule has 3 nitrogen and oxygen atoms in total. The Morgan fingerprint density at radius 2 is 1.07 bits per heavy atom. The van der Waals surface area contributed by atoms with Crippen molar-refractivity contribution in [2.45, 2.75) is 124 Å². The lowest BCUT2D eigenvalue weighted by molar-refractivity contribution is 0.424. The van der Waals surface area contributed by atoms with Crippen LogP contribution in [0, 0.1) is 13.8 Å². The average molecular weight is 631 g/mol. The van der Waals surface area contributed by atoms with E-state index in [-0.39, 0.29) is 48.1 Å². The normalized spacial score (nSPS) is 11.6. The van der Waals surface area contributed by atoms with E-state index < -0.39 is 0 Å². The monoisotopic (exact) mass is 629 g/mol. The van der Waals surface area contributed by atoms with Crippen LogP contribution < -0.4 is 16.4 Å². The quantitative estimate of drug-likeness (QED) is 0.163. The van der Waals surface area contributed by atoms with Gasteiger partial charge in [0.15, 0.2) is 0 Å². The van der Waals surface area contributed by atoms with Crippen LogP contribution in [0.5, 0.6) is 0 Å². The van der Waals surface area contributed by atoms with E-state index in [9.17, 15) is 0 Å². The fourth-order valence-corrected chi connectivity index (χ4v) is 5.11. The van der Waals surface area contributed by atoms with E-state index in [4.69, 9.17) is 5.73 Å². The van der Waals surface area contributed by atoms with Gasteiger partial charge in [0, 0.05) is 6.04 Å². The van der Waals surface area contributed by atoms with Crippen molar-refractivity contribution < 1.29 is 0 Å². The first-order valence-electron chi connectivity index (χ1n) is 15.3. The van der Waals surface area contributed by atoms with Gasteiger partial charge in [0.05, 0.1) is 0 Å². The number of rotatable bonds is 16. The molecule has 0 radical (unpaired) electrons. The zero-order valence-corrected chi connectivity index (χ0v) is 29.8. The van der Waals surface area contributed by atoms with Crippen molar-refractivity contribution in [1.29, 1.82) is 0 Å². The molecule has 6 heteroatoms. The second-order valence-electron chi connectivity index (χ2n) is 13.5. The number of halogens is 3. The Morgan fingerprint density at radius 1 is 0.634 bits per heavy atom. The molecule has 0 bridgehead atoms. The summed E-state index contributed by atoms with van der Waals surface area (Å²) < 4.78 is 0. The molecule has 0 saturated heterocycles. The van der Waals surface area contributed by atoms with E-state index in [0.29, 0.717) is 6.04 Å². The highest BCUT2D eigenvalue weighted by Gasteiger charge is 2.17. The Labute approximate surface area is 272 Å². The Kier molecular flexibility index (Phi) is 21.7. The smallest absolute Gasteiger partial charge is 0.00672 e. The molecule has 0 aromatic heterocycles. The van der Waals surface area contributed by atoms with Gasteiger partial charge in [0.1, 0.15) is 0 Å². The fraction of sp³-hybridized carbons (Fsp3) is 0.657. The molecule has 238 valence electrons. The fourth-order valence-electron chi connectivity index (χ4n) is 5.11. The van der Waals surface area contributed by atoms with E-state index in [1.165, 1.54) is 78.3 Å². The van der Waals surface area contributed by atoms with Crippen molar-refractivity contribution in [1.82, 2.24) is 10.6 Å². The van der Waals surface area contributed by atoms with Crippen LogP contribution in [0.25, 0.3) is 0 Å². The molecule has 2 rings (SSSR count). The van der Waals surface area contributed by atoms with Crippen LogP contribution in [-0.4, -0.2) is 32.2 Å². The third-order valence-electron chi connectivity index (χ3n) is 7.95. The highest BCUT2D eigenvalue weighted by Crippen LogP contribution is 2.27. The molecule has 0 aliphatic heterocycles. The van der Waals surface area contributed by atoms with Gasteiger partial charge in [-0.3, -0.25) is 0 Å². The van der Waals surface area contributed by atoms with Gasteiger partial charge in [-0.1, -0.05) is 77.9 Å². The lowest BCUT2D eigenvalue weighted by atomic mass is 9.84. The molecule has 0 aliphatic rings. The predicted octanol–water partition coefficient (Wildman–Crippen LogP) is 8.80. The van der Waals surface area contributed by atoms with Gasteiger partial charge in [-0.2, -0.15) is 0 Å². The molecular formula is C35H62Cl3N3. The summed E-state index contributed by atoms with van der Waals surface area (Å²) >= 11 is 0. The van der Waals surface area contributed by atoms with Gasteiger partial charge >= 0.3 is 0 Å². The number of hydrogen-bond donors (Lipinski definition) is 3. The van der Waals surface area contributed by atoms with Gasteiger partial charge in [-0.25, -0.2) is 0 Å². The van der Waals surface area contributed by atoms with Crippen LogP contribution in [-0.2, 0) is 23.7 Å². The average Bonchev–Trinajstić information content (AvgIpc) is 2.84. The summed E-state index contributed by atoms with van der Waals surface area (Å²) in [7, 11) is 0. The molecule has 4 N–H and O–H groups in total. The maximum Gasteiger partial charge on any atom is 0.00672 e. The Hall–Kier alpha value is -0.810. The lowest BCUT2D eigenvalue weighted by Gasteiger charge is -2.22. The molecule has 41 heavy (non-hydrogen) atoms. The summed E-state index contributed by atoms with van der Waals surface area (Å²) in [5, 5.41) is 7.44. The minimum absolute atomic E-state index is 0. The minimum Gasteiger partial charge on any atom is -0.330 e. The molecule has 0 atom stereocenters. The van der Waals surface area contributed by atoms with Crippen LogP contribution in [0.3, 0.4) is 0 Å². The minimum atomic E-state index is 0. The van der Waals surface area contributed by atoms with Crippen LogP contribution in [0.15, 0.2) is 36.4 Å². The molecule has 0 amide bonds. The molecule has 0 unspecified atom stereocenters. The van der Waals surface area contributed by atoms with Crippen molar-refractivity contribution in [2.75, 3.05) is 26.2 Å². The highest BCUT2D eigenvalue weighted by molar-refractivity contribution is 5.86. The molecule has 2 aromatic rings. The van der Waals surface area contributed by atoms with Gasteiger partial charge in [-0.05, 0) is 136 Å². The van der Waals surface area contributed by atoms with E-state index in [2.05, 4.69) is 102 Å². The standard InChI is InChI=1S/C35H59N3.3ClH/c1-27-17-19-31(34(3,4)5)25-29(27)13-9-15-33(38-24-12-23-37-22-11-21-36)16-10-14-30-26-32(35(6,7)8)20-18-28(30)2;;;/h17-20,25-26,33,37-38H,9-16,21-24,36H2,1-8H3;3*1H. The van der Waals surface area contributed by atoms with Gasteiger partial charge < -0.3 is 16.4 Å². The molecule has 0 fully saturated rings. The molecule has 0 saturated carbocycles. The zero-order chi connectivity index (χ0) is 28.2. The maximum absolute atomic E-state index is 5.61. The van der Waals surface area contributed by atoms with Crippen molar-refractivity contribution in [3.05, 3.63) is 69.8 Å². The zero-order valence-electron chi connectivity index (χ0n) is 27.3. The summed E-state index contributed by atoms with van der Waals surface area (Å²) in [6.07, 6.45) is 9.51. The maximum atomic E-state index is 5.61. The van der Waals surface area contributed by atoms with Crippen LogP contribution in [0.1, 0.15) is 113 Å². The summed E-state index contributed by atoms with van der Waals surface area (Å²) in [6, 6.07) is 14.7. The second kappa shape index (κ2) is 21.0. The predicted molar refractivity (Wildman–Crippen MR) is 190 cm³/mol. The van der Waals surface area contributed by atoms with Crippen molar-refractivity contribution in [3.8, 4) is 0 Å². The number of hydrogen-bond acceptors (Lipinski definition) is 3. The number of benzene rings is 2. The third-order valence-corrected chi connectivity index (χ3v) is 7.95. The van der Waals surface area contributed by atoms with Crippen LogP contribution in [0.4, 0.5) is 0 Å². The third kappa shape index (κ3) is 16.0.